The first-order valence-electron chi connectivity index (χ1n) is 4.96. The highest BCUT2D eigenvalue weighted by Gasteiger charge is 2.14. The van der Waals surface area contributed by atoms with Gasteiger partial charge in [-0.25, -0.2) is 9.82 Å². The molecule has 1 atom stereocenters. The third-order valence-electron chi connectivity index (χ3n) is 2.58. The Kier molecular flexibility index (Phi) is 3.33. The van der Waals surface area contributed by atoms with Crippen molar-refractivity contribution >= 4 is 11.3 Å². The first-order valence-corrected chi connectivity index (χ1v) is 5.91. The summed E-state index contributed by atoms with van der Waals surface area (Å²) < 4.78 is 12.8. The molecule has 84 valence electrons. The van der Waals surface area contributed by atoms with Gasteiger partial charge in [-0.1, -0.05) is 12.1 Å². The zero-order valence-corrected chi connectivity index (χ0v) is 9.72. The molecule has 1 aromatic carbocycles. The number of nitrogens with two attached hydrogens (primary N) is 1. The number of hydrazine groups is 1. The Morgan fingerprint density at radius 1 is 1.25 bits per heavy atom. The average molecular weight is 236 g/mol. The number of thiophene rings is 1. The van der Waals surface area contributed by atoms with Crippen molar-refractivity contribution in [2.75, 3.05) is 0 Å². The minimum Gasteiger partial charge on any atom is -0.271 e. The fourth-order valence-corrected chi connectivity index (χ4v) is 2.56. The Morgan fingerprint density at radius 2 is 1.94 bits per heavy atom. The molecular weight excluding hydrogens is 223 g/mol. The molecule has 0 aliphatic carbocycles. The predicted molar refractivity (Wildman–Crippen MR) is 64.6 cm³/mol. The number of hydrogen-bond donors (Lipinski definition) is 2. The second-order valence-electron chi connectivity index (χ2n) is 3.66. The summed E-state index contributed by atoms with van der Waals surface area (Å²) in [5, 5.41) is 4.13. The van der Waals surface area contributed by atoms with E-state index in [0.717, 1.165) is 11.1 Å². The largest absolute Gasteiger partial charge is 0.271 e. The van der Waals surface area contributed by atoms with Gasteiger partial charge in [0.25, 0.3) is 0 Å². The van der Waals surface area contributed by atoms with E-state index in [0.29, 0.717) is 0 Å². The molecule has 1 aromatic heterocycles. The lowest BCUT2D eigenvalue weighted by atomic mass is 9.99. The standard InChI is InChI=1S/C12H13FN2S/c1-8-6-16-7-11(8)12(15-14)9-2-4-10(13)5-3-9/h2-7,12,15H,14H2,1H3. The summed E-state index contributed by atoms with van der Waals surface area (Å²) >= 11 is 1.64. The van der Waals surface area contributed by atoms with E-state index in [1.165, 1.54) is 17.7 Å². The molecular formula is C12H13FN2S. The molecule has 2 nitrogen and oxygen atoms in total. The molecule has 4 heteroatoms. The second kappa shape index (κ2) is 4.74. The molecule has 0 aliphatic heterocycles. The van der Waals surface area contributed by atoms with E-state index in [9.17, 15) is 4.39 Å². The maximum Gasteiger partial charge on any atom is 0.123 e. The first kappa shape index (κ1) is 11.3. The van der Waals surface area contributed by atoms with E-state index in [1.807, 2.05) is 6.92 Å². The van der Waals surface area contributed by atoms with Crippen LogP contribution in [0.15, 0.2) is 35.0 Å². The van der Waals surface area contributed by atoms with Gasteiger partial charge in [0.15, 0.2) is 0 Å². The number of benzene rings is 1. The van der Waals surface area contributed by atoms with Crippen molar-refractivity contribution < 1.29 is 4.39 Å². The summed E-state index contributed by atoms with van der Waals surface area (Å²) in [6, 6.07) is 6.31. The third kappa shape index (κ3) is 2.14. The normalized spacial score (nSPS) is 12.7. The molecule has 1 heterocycles. The van der Waals surface area contributed by atoms with Gasteiger partial charge < -0.3 is 0 Å². The summed E-state index contributed by atoms with van der Waals surface area (Å²) in [6.45, 7) is 2.04. The number of rotatable bonds is 3. The fraction of sp³-hybridized carbons (Fsp3) is 0.167. The fourth-order valence-electron chi connectivity index (χ4n) is 1.69. The van der Waals surface area contributed by atoms with Crippen LogP contribution in [0.5, 0.6) is 0 Å². The van der Waals surface area contributed by atoms with E-state index in [4.69, 9.17) is 5.84 Å². The van der Waals surface area contributed by atoms with Gasteiger partial charge in [-0.15, -0.1) is 0 Å². The molecule has 0 radical (unpaired) electrons. The summed E-state index contributed by atoms with van der Waals surface area (Å²) in [5.41, 5.74) is 6.06. The second-order valence-corrected chi connectivity index (χ2v) is 4.40. The molecule has 0 bridgehead atoms. The number of nitrogens with one attached hydrogen (secondary N) is 1. The van der Waals surface area contributed by atoms with Crippen LogP contribution in [0.3, 0.4) is 0 Å². The van der Waals surface area contributed by atoms with Crippen LogP contribution in [0.2, 0.25) is 0 Å². The summed E-state index contributed by atoms with van der Waals surface area (Å²) in [4.78, 5) is 0. The van der Waals surface area contributed by atoms with Crippen LogP contribution in [0.4, 0.5) is 4.39 Å². The van der Waals surface area contributed by atoms with Gasteiger partial charge in [-0.2, -0.15) is 11.3 Å². The molecule has 0 amide bonds. The summed E-state index contributed by atoms with van der Waals surface area (Å²) in [5.74, 6) is 5.33. The van der Waals surface area contributed by atoms with Gasteiger partial charge in [0.2, 0.25) is 0 Å². The zero-order valence-electron chi connectivity index (χ0n) is 8.91. The van der Waals surface area contributed by atoms with Crippen LogP contribution in [0.1, 0.15) is 22.7 Å². The van der Waals surface area contributed by atoms with E-state index < -0.39 is 0 Å². The highest BCUT2D eigenvalue weighted by atomic mass is 32.1. The zero-order chi connectivity index (χ0) is 11.5. The topological polar surface area (TPSA) is 38.0 Å². The Labute approximate surface area is 97.9 Å². The van der Waals surface area contributed by atoms with Crippen molar-refractivity contribution in [1.29, 1.82) is 0 Å². The van der Waals surface area contributed by atoms with Crippen molar-refractivity contribution in [3.63, 3.8) is 0 Å². The summed E-state index contributed by atoms with van der Waals surface area (Å²) in [7, 11) is 0. The quantitative estimate of drug-likeness (QED) is 0.635. The third-order valence-corrected chi connectivity index (χ3v) is 3.46. The molecule has 2 aromatic rings. The van der Waals surface area contributed by atoms with Crippen molar-refractivity contribution in [2.45, 2.75) is 13.0 Å². The van der Waals surface area contributed by atoms with Crippen molar-refractivity contribution in [3.05, 3.63) is 57.5 Å². The van der Waals surface area contributed by atoms with Crippen LogP contribution in [0.25, 0.3) is 0 Å². The van der Waals surface area contributed by atoms with Crippen molar-refractivity contribution in [3.8, 4) is 0 Å². The minimum absolute atomic E-state index is 0.0770. The SMILES string of the molecule is Cc1cscc1C(NN)c1ccc(F)cc1. The maximum absolute atomic E-state index is 12.8. The Bertz CT molecular complexity index is 464. The monoisotopic (exact) mass is 236 g/mol. The van der Waals surface area contributed by atoms with E-state index in [2.05, 4.69) is 16.2 Å². The van der Waals surface area contributed by atoms with Gasteiger partial charge in [-0.05, 0) is 46.5 Å². The van der Waals surface area contributed by atoms with Gasteiger partial charge in [0, 0.05) is 0 Å². The molecule has 0 fully saturated rings. The van der Waals surface area contributed by atoms with Gasteiger partial charge in [0.1, 0.15) is 5.82 Å². The molecule has 0 saturated heterocycles. The molecule has 0 saturated carbocycles. The first-order chi connectivity index (χ1) is 7.72. The lowest BCUT2D eigenvalue weighted by Crippen LogP contribution is -2.28. The highest BCUT2D eigenvalue weighted by Crippen LogP contribution is 2.26. The lowest BCUT2D eigenvalue weighted by Gasteiger charge is -2.16. The lowest BCUT2D eigenvalue weighted by molar-refractivity contribution is 0.615. The molecule has 0 spiro atoms. The molecule has 3 N–H and O–H groups in total. The Balaban J connectivity index is 2.37. The van der Waals surface area contributed by atoms with Crippen molar-refractivity contribution in [2.24, 2.45) is 5.84 Å². The Hall–Kier alpha value is -1.23. The van der Waals surface area contributed by atoms with Crippen LogP contribution in [-0.4, -0.2) is 0 Å². The predicted octanol–water partition coefficient (Wildman–Crippen LogP) is 2.75. The summed E-state index contributed by atoms with van der Waals surface area (Å²) in [6.07, 6.45) is 0. The van der Waals surface area contributed by atoms with Crippen LogP contribution in [-0.2, 0) is 0 Å². The van der Waals surface area contributed by atoms with Gasteiger partial charge >= 0.3 is 0 Å². The molecule has 0 aliphatic rings. The van der Waals surface area contributed by atoms with Gasteiger partial charge in [0.05, 0.1) is 6.04 Å². The van der Waals surface area contributed by atoms with E-state index in [1.54, 1.807) is 23.5 Å². The van der Waals surface area contributed by atoms with Crippen LogP contribution < -0.4 is 11.3 Å². The number of aryl methyl sites for hydroxylation is 1. The number of halogens is 1. The van der Waals surface area contributed by atoms with Crippen molar-refractivity contribution in [1.82, 2.24) is 5.43 Å². The minimum atomic E-state index is -0.235. The Morgan fingerprint density at radius 3 is 2.44 bits per heavy atom. The van der Waals surface area contributed by atoms with E-state index >= 15 is 0 Å². The highest BCUT2D eigenvalue weighted by molar-refractivity contribution is 7.08. The molecule has 2 rings (SSSR count). The smallest absolute Gasteiger partial charge is 0.123 e. The number of hydrogen-bond acceptors (Lipinski definition) is 3. The van der Waals surface area contributed by atoms with E-state index in [-0.39, 0.29) is 11.9 Å². The molecule has 16 heavy (non-hydrogen) atoms. The van der Waals surface area contributed by atoms with Crippen LogP contribution in [0, 0.1) is 12.7 Å². The van der Waals surface area contributed by atoms with Crippen LogP contribution >= 0.6 is 11.3 Å². The molecule has 1 unspecified atom stereocenters. The van der Waals surface area contributed by atoms with Gasteiger partial charge in [-0.3, -0.25) is 5.84 Å². The maximum atomic E-state index is 12.8. The average Bonchev–Trinajstić information content (AvgIpc) is 2.69.